The minimum atomic E-state index is 0.975. The van der Waals surface area contributed by atoms with Crippen LogP contribution >= 0.6 is 11.8 Å². The summed E-state index contributed by atoms with van der Waals surface area (Å²) in [4.78, 5) is 5.00. The van der Waals surface area contributed by atoms with Crippen molar-refractivity contribution in [2.45, 2.75) is 11.8 Å². The van der Waals surface area contributed by atoms with E-state index in [0.29, 0.717) is 0 Å². The molecule has 0 aliphatic carbocycles. The molecule has 0 amide bonds. The number of nitrogens with zero attached hydrogens (tertiary/aromatic N) is 1. The van der Waals surface area contributed by atoms with Crippen molar-refractivity contribution in [2.75, 3.05) is 18.5 Å². The zero-order valence-corrected chi connectivity index (χ0v) is 11.1. The standard InChI is InChI=1S/C15H17NS/c1-4-5-6-7-13-11-16(3)14-10-12(2)8-9-15(14)17-13/h4-10H,1,11H2,2-3H3/b6-5-,13-7+. The zero-order chi connectivity index (χ0) is 12.3. The minimum Gasteiger partial charge on any atom is -0.369 e. The van der Waals surface area contributed by atoms with Crippen LogP contribution in [-0.4, -0.2) is 13.6 Å². The largest absolute Gasteiger partial charge is 0.369 e. The Labute approximate surface area is 108 Å². The molecule has 2 heteroatoms. The fraction of sp³-hybridized carbons (Fsp3) is 0.200. The highest BCUT2D eigenvalue weighted by atomic mass is 32.2. The molecule has 0 N–H and O–H groups in total. The van der Waals surface area contributed by atoms with Crippen molar-refractivity contribution in [1.29, 1.82) is 0 Å². The Kier molecular flexibility index (Phi) is 3.75. The lowest BCUT2D eigenvalue weighted by Gasteiger charge is -2.29. The molecule has 0 spiro atoms. The summed E-state index contributed by atoms with van der Waals surface area (Å²) in [6.45, 7) is 6.78. The number of fused-ring (bicyclic) bond motifs is 1. The maximum absolute atomic E-state index is 3.67. The summed E-state index contributed by atoms with van der Waals surface area (Å²) in [5.41, 5.74) is 2.65. The summed E-state index contributed by atoms with van der Waals surface area (Å²) >= 11 is 1.85. The SMILES string of the molecule is C=C/C=C\C=C1/CN(C)c2cc(C)ccc2S1. The molecule has 0 radical (unpaired) electrons. The number of hydrogen-bond donors (Lipinski definition) is 0. The Bertz CT molecular complexity index is 486. The molecule has 1 aromatic carbocycles. The molecule has 0 saturated carbocycles. The maximum atomic E-state index is 3.67. The van der Waals surface area contributed by atoms with Gasteiger partial charge in [0, 0.05) is 23.4 Å². The zero-order valence-electron chi connectivity index (χ0n) is 10.3. The van der Waals surface area contributed by atoms with E-state index in [-0.39, 0.29) is 0 Å². The summed E-state index contributed by atoms with van der Waals surface area (Å²) in [6, 6.07) is 6.62. The van der Waals surface area contributed by atoms with Gasteiger partial charge < -0.3 is 4.90 Å². The van der Waals surface area contributed by atoms with Crippen molar-refractivity contribution in [1.82, 2.24) is 0 Å². The summed E-state index contributed by atoms with van der Waals surface area (Å²) in [5, 5.41) is 0. The van der Waals surface area contributed by atoms with Crippen molar-refractivity contribution in [3.8, 4) is 0 Å². The molecule has 2 rings (SSSR count). The average Bonchev–Trinajstić information content (AvgIpc) is 2.31. The Morgan fingerprint density at radius 2 is 2.18 bits per heavy atom. The van der Waals surface area contributed by atoms with E-state index in [9.17, 15) is 0 Å². The minimum absolute atomic E-state index is 0.975. The Morgan fingerprint density at radius 1 is 1.35 bits per heavy atom. The second-order valence-electron chi connectivity index (χ2n) is 4.18. The van der Waals surface area contributed by atoms with Gasteiger partial charge in [0.2, 0.25) is 0 Å². The van der Waals surface area contributed by atoms with E-state index in [0.717, 1.165) is 6.54 Å². The number of benzene rings is 1. The Hall–Kier alpha value is -1.41. The first-order valence-corrected chi connectivity index (χ1v) is 6.50. The number of rotatable bonds is 2. The Morgan fingerprint density at radius 3 is 2.94 bits per heavy atom. The number of thioether (sulfide) groups is 1. The highest BCUT2D eigenvalue weighted by Crippen LogP contribution is 2.40. The lowest BCUT2D eigenvalue weighted by molar-refractivity contribution is 0.984. The summed E-state index contributed by atoms with van der Waals surface area (Å²) in [7, 11) is 2.14. The molecular formula is C15H17NS. The molecule has 0 fully saturated rings. The lowest BCUT2D eigenvalue weighted by atomic mass is 10.2. The molecule has 1 aliphatic rings. The first kappa shape index (κ1) is 12.1. The third-order valence-corrected chi connectivity index (χ3v) is 3.78. The second-order valence-corrected chi connectivity index (χ2v) is 5.35. The van der Waals surface area contributed by atoms with Crippen LogP contribution in [0, 0.1) is 6.92 Å². The van der Waals surface area contributed by atoms with Gasteiger partial charge in [-0.1, -0.05) is 48.7 Å². The predicted molar refractivity (Wildman–Crippen MR) is 77.7 cm³/mol. The monoisotopic (exact) mass is 243 g/mol. The molecule has 1 heterocycles. The van der Waals surface area contributed by atoms with Crippen molar-refractivity contribution < 1.29 is 0 Å². The van der Waals surface area contributed by atoms with Crippen LogP contribution in [0.1, 0.15) is 5.56 Å². The van der Waals surface area contributed by atoms with Gasteiger partial charge in [-0.2, -0.15) is 0 Å². The van der Waals surface area contributed by atoms with Crippen LogP contribution in [0.25, 0.3) is 0 Å². The van der Waals surface area contributed by atoms with Crippen LogP contribution in [0.15, 0.2) is 58.9 Å². The van der Waals surface area contributed by atoms with Crippen LogP contribution in [0.4, 0.5) is 5.69 Å². The maximum Gasteiger partial charge on any atom is 0.0511 e. The van der Waals surface area contributed by atoms with Crippen LogP contribution in [0.3, 0.4) is 0 Å². The number of aryl methyl sites for hydroxylation is 1. The summed E-state index contributed by atoms with van der Waals surface area (Å²) < 4.78 is 0. The fourth-order valence-corrected chi connectivity index (χ4v) is 2.98. The first-order chi connectivity index (χ1) is 8.20. The van der Waals surface area contributed by atoms with Crippen LogP contribution in [-0.2, 0) is 0 Å². The molecule has 88 valence electrons. The topological polar surface area (TPSA) is 3.24 Å². The molecule has 1 nitrogen and oxygen atoms in total. The highest BCUT2D eigenvalue weighted by molar-refractivity contribution is 8.03. The summed E-state index contributed by atoms with van der Waals surface area (Å²) in [5.74, 6) is 0. The third kappa shape index (κ3) is 2.83. The van der Waals surface area contributed by atoms with Crippen molar-refractivity contribution in [3.63, 3.8) is 0 Å². The van der Waals surface area contributed by atoms with Gasteiger partial charge in [-0.15, -0.1) is 0 Å². The van der Waals surface area contributed by atoms with Gasteiger partial charge in [0.25, 0.3) is 0 Å². The van der Waals surface area contributed by atoms with Crippen molar-refractivity contribution in [2.24, 2.45) is 0 Å². The summed E-state index contributed by atoms with van der Waals surface area (Å²) in [6.07, 6.45) is 7.96. The van der Waals surface area contributed by atoms with E-state index in [1.165, 1.54) is 21.1 Å². The van der Waals surface area contributed by atoms with Crippen LogP contribution in [0.2, 0.25) is 0 Å². The van der Waals surface area contributed by atoms with Crippen molar-refractivity contribution in [3.05, 3.63) is 59.6 Å². The third-order valence-electron chi connectivity index (χ3n) is 2.69. The van der Waals surface area contributed by atoms with E-state index in [1.807, 2.05) is 23.9 Å². The molecule has 17 heavy (non-hydrogen) atoms. The molecule has 1 aliphatic heterocycles. The number of allylic oxidation sites excluding steroid dienone is 4. The van der Waals surface area contributed by atoms with Gasteiger partial charge in [0.15, 0.2) is 0 Å². The van der Waals surface area contributed by atoms with Crippen LogP contribution < -0.4 is 4.90 Å². The van der Waals surface area contributed by atoms with Gasteiger partial charge in [0.1, 0.15) is 0 Å². The number of hydrogen-bond acceptors (Lipinski definition) is 2. The van der Waals surface area contributed by atoms with E-state index in [2.05, 4.69) is 49.7 Å². The molecule has 0 atom stereocenters. The molecular weight excluding hydrogens is 226 g/mol. The van der Waals surface area contributed by atoms with Gasteiger partial charge in [-0.3, -0.25) is 0 Å². The molecule has 0 saturated heterocycles. The number of anilines is 1. The second kappa shape index (κ2) is 5.28. The normalized spacial score (nSPS) is 17.5. The predicted octanol–water partition coefficient (Wildman–Crippen LogP) is 4.16. The molecule has 0 unspecified atom stereocenters. The van der Waals surface area contributed by atoms with Gasteiger partial charge >= 0.3 is 0 Å². The average molecular weight is 243 g/mol. The lowest BCUT2D eigenvalue weighted by Crippen LogP contribution is -2.23. The fourth-order valence-electron chi connectivity index (χ4n) is 1.83. The quantitative estimate of drug-likeness (QED) is 0.717. The van der Waals surface area contributed by atoms with E-state index in [4.69, 9.17) is 0 Å². The van der Waals surface area contributed by atoms with E-state index >= 15 is 0 Å². The van der Waals surface area contributed by atoms with Crippen molar-refractivity contribution >= 4 is 17.4 Å². The number of likely N-dealkylation sites (N-methyl/N-ethyl adjacent to an activating group) is 1. The smallest absolute Gasteiger partial charge is 0.0511 e. The molecule has 0 bridgehead atoms. The highest BCUT2D eigenvalue weighted by Gasteiger charge is 2.17. The molecule has 1 aromatic rings. The van der Waals surface area contributed by atoms with E-state index in [1.54, 1.807) is 6.08 Å². The van der Waals surface area contributed by atoms with Crippen LogP contribution in [0.5, 0.6) is 0 Å². The van der Waals surface area contributed by atoms with Gasteiger partial charge in [-0.25, -0.2) is 0 Å². The van der Waals surface area contributed by atoms with Gasteiger partial charge in [0.05, 0.1) is 5.69 Å². The van der Waals surface area contributed by atoms with E-state index < -0.39 is 0 Å². The molecule has 0 aromatic heterocycles. The van der Waals surface area contributed by atoms with Gasteiger partial charge in [-0.05, 0) is 24.6 Å². The Balaban J connectivity index is 2.27. The first-order valence-electron chi connectivity index (χ1n) is 5.68.